The summed E-state index contributed by atoms with van der Waals surface area (Å²) in [5, 5.41) is 0. The smallest absolute Gasteiger partial charge is 0.306 e. The van der Waals surface area contributed by atoms with Gasteiger partial charge >= 0.3 is 5.51 Å². The quantitative estimate of drug-likeness (QED) is 0.645. The van der Waals surface area contributed by atoms with E-state index in [1.54, 1.807) is 0 Å². The van der Waals surface area contributed by atoms with Gasteiger partial charge in [-0.05, 0) is 13.0 Å². The third-order valence-corrected chi connectivity index (χ3v) is 2.59. The molecule has 0 N–H and O–H groups in total. The second-order valence-electron chi connectivity index (χ2n) is 2.84. The van der Waals surface area contributed by atoms with Crippen LogP contribution in [-0.4, -0.2) is 36.3 Å². The molecule has 5 heteroatoms. The number of halogens is 3. The fraction of sp³-hybridized carbons (Fsp3) is 1.00. The van der Waals surface area contributed by atoms with E-state index in [0.29, 0.717) is 0 Å². The van der Waals surface area contributed by atoms with E-state index in [1.807, 2.05) is 11.9 Å². The molecule has 1 rings (SSSR count). The zero-order valence-electron chi connectivity index (χ0n) is 6.19. The SMILES string of the molecule is CN1CC(CSC(F)(F)F)C1. The van der Waals surface area contributed by atoms with E-state index >= 15 is 0 Å². The molecule has 0 bridgehead atoms. The maximum absolute atomic E-state index is 11.6. The molecule has 11 heavy (non-hydrogen) atoms. The third kappa shape index (κ3) is 3.33. The first-order valence-corrected chi connectivity index (χ1v) is 4.35. The molecule has 0 saturated carbocycles. The van der Waals surface area contributed by atoms with Crippen LogP contribution in [0.25, 0.3) is 0 Å². The second kappa shape index (κ2) is 3.23. The molecule has 0 unspecified atom stereocenters. The first-order chi connectivity index (χ1) is 4.97. The zero-order valence-corrected chi connectivity index (χ0v) is 7.00. The van der Waals surface area contributed by atoms with Gasteiger partial charge in [0.2, 0.25) is 0 Å². The van der Waals surface area contributed by atoms with Gasteiger partial charge in [-0.3, -0.25) is 0 Å². The van der Waals surface area contributed by atoms with E-state index in [-0.39, 0.29) is 23.4 Å². The van der Waals surface area contributed by atoms with Crippen LogP contribution in [0.4, 0.5) is 13.2 Å². The third-order valence-electron chi connectivity index (χ3n) is 1.62. The highest BCUT2D eigenvalue weighted by atomic mass is 32.2. The van der Waals surface area contributed by atoms with Crippen LogP contribution in [0.2, 0.25) is 0 Å². The molecule has 0 radical (unpaired) electrons. The van der Waals surface area contributed by atoms with Crippen molar-refractivity contribution in [3.63, 3.8) is 0 Å². The predicted molar refractivity (Wildman–Crippen MR) is 39.5 cm³/mol. The Morgan fingerprint density at radius 3 is 2.36 bits per heavy atom. The number of hydrogen-bond acceptors (Lipinski definition) is 2. The Kier molecular flexibility index (Phi) is 2.70. The maximum Gasteiger partial charge on any atom is 0.441 e. The Hall–Kier alpha value is 0.100. The topological polar surface area (TPSA) is 3.24 Å². The van der Waals surface area contributed by atoms with Gasteiger partial charge in [-0.15, -0.1) is 0 Å². The summed E-state index contributed by atoms with van der Waals surface area (Å²) in [5.74, 6) is 0.458. The fourth-order valence-electron chi connectivity index (χ4n) is 1.15. The van der Waals surface area contributed by atoms with Crippen LogP contribution in [0.1, 0.15) is 0 Å². The van der Waals surface area contributed by atoms with Crippen LogP contribution in [0.15, 0.2) is 0 Å². The average molecular weight is 185 g/mol. The molecule has 0 aliphatic carbocycles. The van der Waals surface area contributed by atoms with Gasteiger partial charge in [0.05, 0.1) is 0 Å². The standard InChI is InChI=1S/C6H10F3NS/c1-10-2-5(3-10)4-11-6(7,8)9/h5H,2-4H2,1H3. The molecule has 1 aliphatic rings. The lowest BCUT2D eigenvalue weighted by atomic mass is 10.0. The van der Waals surface area contributed by atoms with Gasteiger partial charge in [-0.25, -0.2) is 0 Å². The van der Waals surface area contributed by atoms with Crippen molar-refractivity contribution in [3.05, 3.63) is 0 Å². The van der Waals surface area contributed by atoms with Crippen molar-refractivity contribution in [1.29, 1.82) is 0 Å². The normalized spacial score (nSPS) is 21.8. The minimum absolute atomic E-state index is 0.0929. The van der Waals surface area contributed by atoms with Gasteiger partial charge in [0.15, 0.2) is 0 Å². The van der Waals surface area contributed by atoms with Crippen LogP contribution in [0.3, 0.4) is 0 Å². The molecule has 0 atom stereocenters. The second-order valence-corrected chi connectivity index (χ2v) is 3.93. The lowest BCUT2D eigenvalue weighted by molar-refractivity contribution is -0.0333. The molecule has 0 amide bonds. The summed E-state index contributed by atoms with van der Waals surface area (Å²) in [5.41, 5.74) is -4.05. The molecule has 1 nitrogen and oxygen atoms in total. The Balaban J connectivity index is 2.05. The summed E-state index contributed by atoms with van der Waals surface area (Å²) in [7, 11) is 1.91. The molecule has 1 fully saturated rings. The summed E-state index contributed by atoms with van der Waals surface area (Å²) in [6, 6.07) is 0. The highest BCUT2D eigenvalue weighted by molar-refractivity contribution is 8.00. The van der Waals surface area contributed by atoms with Crippen molar-refractivity contribution in [2.24, 2.45) is 5.92 Å². The van der Waals surface area contributed by atoms with Crippen LogP contribution in [0.5, 0.6) is 0 Å². The van der Waals surface area contributed by atoms with E-state index in [2.05, 4.69) is 0 Å². The first-order valence-electron chi connectivity index (χ1n) is 3.36. The number of alkyl halides is 3. The first kappa shape index (κ1) is 9.19. The molecule has 1 heterocycles. The van der Waals surface area contributed by atoms with Crippen LogP contribution >= 0.6 is 11.8 Å². The molecule has 1 aliphatic heterocycles. The van der Waals surface area contributed by atoms with Crippen LogP contribution < -0.4 is 0 Å². The van der Waals surface area contributed by atoms with Gasteiger partial charge in [0.1, 0.15) is 0 Å². The van der Waals surface area contributed by atoms with Gasteiger partial charge < -0.3 is 4.90 Å². The van der Waals surface area contributed by atoms with E-state index in [9.17, 15) is 13.2 Å². The molecule has 66 valence electrons. The van der Waals surface area contributed by atoms with Crippen LogP contribution in [0, 0.1) is 5.92 Å². The Labute approximate surface area is 67.9 Å². The van der Waals surface area contributed by atoms with Crippen molar-refractivity contribution in [1.82, 2.24) is 4.90 Å². The predicted octanol–water partition coefficient (Wildman–Crippen LogP) is 1.80. The molecule has 0 aromatic heterocycles. The van der Waals surface area contributed by atoms with Crippen molar-refractivity contribution in [2.45, 2.75) is 5.51 Å². The van der Waals surface area contributed by atoms with E-state index in [1.165, 1.54) is 0 Å². The lowest BCUT2D eigenvalue weighted by Crippen LogP contribution is -2.45. The molecule has 0 spiro atoms. The summed E-state index contributed by atoms with van der Waals surface area (Å²) < 4.78 is 34.9. The number of nitrogens with zero attached hydrogens (tertiary/aromatic N) is 1. The number of thioether (sulfide) groups is 1. The van der Waals surface area contributed by atoms with Crippen molar-refractivity contribution in [3.8, 4) is 0 Å². The van der Waals surface area contributed by atoms with Crippen molar-refractivity contribution >= 4 is 11.8 Å². The molecule has 1 saturated heterocycles. The summed E-state index contributed by atoms with van der Waals surface area (Å²) >= 11 is 0.0929. The van der Waals surface area contributed by atoms with E-state index in [4.69, 9.17) is 0 Å². The summed E-state index contributed by atoms with van der Waals surface area (Å²) in [4.78, 5) is 2.02. The van der Waals surface area contributed by atoms with E-state index in [0.717, 1.165) is 13.1 Å². The Bertz CT molecular complexity index is 130. The van der Waals surface area contributed by atoms with Crippen molar-refractivity contribution < 1.29 is 13.2 Å². The lowest BCUT2D eigenvalue weighted by Gasteiger charge is -2.35. The highest BCUT2D eigenvalue weighted by Gasteiger charge is 2.32. The van der Waals surface area contributed by atoms with Crippen LogP contribution in [-0.2, 0) is 0 Å². The van der Waals surface area contributed by atoms with Gasteiger partial charge in [0.25, 0.3) is 0 Å². The summed E-state index contributed by atoms with van der Waals surface area (Å²) in [6.07, 6.45) is 0. The van der Waals surface area contributed by atoms with Crippen molar-refractivity contribution in [2.75, 3.05) is 25.9 Å². The fourth-order valence-corrected chi connectivity index (χ4v) is 1.78. The number of rotatable bonds is 2. The number of likely N-dealkylation sites (tertiary alicyclic amines) is 1. The molecule has 0 aromatic rings. The maximum atomic E-state index is 11.6. The molecular formula is C6H10F3NS. The Morgan fingerprint density at radius 1 is 1.45 bits per heavy atom. The van der Waals surface area contributed by atoms with Gasteiger partial charge in [0, 0.05) is 18.8 Å². The molecular weight excluding hydrogens is 175 g/mol. The van der Waals surface area contributed by atoms with E-state index < -0.39 is 5.51 Å². The number of hydrogen-bond donors (Lipinski definition) is 0. The largest absolute Gasteiger partial charge is 0.441 e. The zero-order chi connectivity index (χ0) is 8.48. The van der Waals surface area contributed by atoms with Gasteiger partial charge in [-0.2, -0.15) is 13.2 Å². The average Bonchev–Trinajstić information content (AvgIpc) is 1.75. The minimum atomic E-state index is -4.05. The minimum Gasteiger partial charge on any atom is -0.306 e. The molecule has 0 aromatic carbocycles. The van der Waals surface area contributed by atoms with Gasteiger partial charge in [-0.1, -0.05) is 11.8 Å². The monoisotopic (exact) mass is 185 g/mol. The summed E-state index contributed by atoms with van der Waals surface area (Å²) in [6.45, 7) is 1.62. The Morgan fingerprint density at radius 2 is 2.00 bits per heavy atom. The highest BCUT2D eigenvalue weighted by Crippen LogP contribution is 2.33.